The molecule has 4 heterocycles. The predicted molar refractivity (Wildman–Crippen MR) is 90.2 cm³/mol. The van der Waals surface area contributed by atoms with Gasteiger partial charge >= 0.3 is 0 Å². The molecule has 0 radical (unpaired) electrons. The van der Waals surface area contributed by atoms with Crippen LogP contribution in [0.25, 0.3) is 0 Å². The molecule has 3 nitrogen and oxygen atoms in total. The minimum atomic E-state index is 0.0347. The topological polar surface area (TPSA) is 24.8 Å². The van der Waals surface area contributed by atoms with Crippen molar-refractivity contribution in [3.05, 3.63) is 42.5 Å². The summed E-state index contributed by atoms with van der Waals surface area (Å²) in [6.45, 7) is 6.37. The Bertz CT molecular complexity index is 771. The van der Waals surface area contributed by atoms with Gasteiger partial charge in [0.25, 0.3) is 0 Å². The normalized spacial score (nSPS) is 48.8. The lowest BCUT2D eigenvalue weighted by Crippen LogP contribution is -2.78. The average molecular weight is 306 g/mol. The minimum Gasteiger partial charge on any atom is -0.372 e. The van der Waals surface area contributed by atoms with Crippen LogP contribution in [-0.4, -0.2) is 43.0 Å². The lowest BCUT2D eigenvalue weighted by molar-refractivity contribution is -0.190. The Balaban J connectivity index is 1.72. The fourth-order valence-electron chi connectivity index (χ4n) is 6.95. The van der Waals surface area contributed by atoms with Crippen LogP contribution in [0.15, 0.2) is 41.9 Å². The fraction of sp³-hybridized carbons (Fsp3) is 0.550. The second-order valence-corrected chi connectivity index (χ2v) is 8.18. The van der Waals surface area contributed by atoms with E-state index in [2.05, 4.69) is 48.9 Å². The van der Waals surface area contributed by atoms with Gasteiger partial charge in [0.15, 0.2) is 0 Å². The molecule has 0 N–H and O–H groups in total. The van der Waals surface area contributed by atoms with Gasteiger partial charge in [-0.1, -0.05) is 24.3 Å². The molecule has 1 spiro atoms. The molecule has 5 bridgehead atoms. The van der Waals surface area contributed by atoms with Crippen molar-refractivity contribution in [2.24, 2.45) is 22.2 Å². The molecule has 5 fully saturated rings. The van der Waals surface area contributed by atoms with Crippen molar-refractivity contribution < 1.29 is 4.74 Å². The number of aliphatic imine (C=N–C) groups is 1. The largest absolute Gasteiger partial charge is 0.372 e. The van der Waals surface area contributed by atoms with Gasteiger partial charge in [0.1, 0.15) is 0 Å². The summed E-state index contributed by atoms with van der Waals surface area (Å²) in [5, 5.41) is 0. The first-order valence-electron chi connectivity index (χ1n) is 8.85. The van der Waals surface area contributed by atoms with E-state index in [1.54, 1.807) is 0 Å². The lowest BCUT2D eigenvalue weighted by Gasteiger charge is -2.72. The van der Waals surface area contributed by atoms with E-state index >= 15 is 0 Å². The first-order valence-corrected chi connectivity index (χ1v) is 8.85. The molecule has 2 aliphatic carbocycles. The van der Waals surface area contributed by atoms with E-state index in [1.807, 2.05) is 0 Å². The highest BCUT2D eigenvalue weighted by atomic mass is 16.5. The van der Waals surface area contributed by atoms with Crippen LogP contribution >= 0.6 is 0 Å². The number of piperidine rings is 2. The Labute approximate surface area is 137 Å². The molecule has 1 aromatic carbocycles. The third-order valence-electron chi connectivity index (χ3n) is 7.73. The molecule has 0 aromatic heterocycles. The van der Waals surface area contributed by atoms with Crippen LogP contribution < -0.4 is 0 Å². The zero-order chi connectivity index (χ0) is 15.4. The molecule has 0 amide bonds. The Morgan fingerprint density at radius 2 is 2.26 bits per heavy atom. The van der Waals surface area contributed by atoms with Gasteiger partial charge in [-0.05, 0) is 37.4 Å². The van der Waals surface area contributed by atoms with Crippen molar-refractivity contribution in [1.29, 1.82) is 0 Å². The average Bonchev–Trinajstić information content (AvgIpc) is 2.90. The maximum absolute atomic E-state index is 6.32. The monoisotopic (exact) mass is 306 g/mol. The Kier molecular flexibility index (Phi) is 2.12. The molecule has 2 saturated carbocycles. The number of benzene rings is 1. The number of hydrogen-bond acceptors (Lipinski definition) is 3. The molecule has 6 atom stereocenters. The first-order chi connectivity index (χ1) is 11.2. The highest BCUT2D eigenvalue weighted by molar-refractivity contribution is 6.07. The van der Waals surface area contributed by atoms with Gasteiger partial charge in [0, 0.05) is 23.9 Å². The molecular weight excluding hydrogens is 284 g/mol. The summed E-state index contributed by atoms with van der Waals surface area (Å²) < 4.78 is 6.32. The summed E-state index contributed by atoms with van der Waals surface area (Å²) >= 11 is 0. The third kappa shape index (κ3) is 1.15. The summed E-state index contributed by atoms with van der Waals surface area (Å²) in [6.07, 6.45) is 4.85. The van der Waals surface area contributed by atoms with Crippen molar-refractivity contribution in [3.8, 4) is 0 Å². The molecule has 7 rings (SSSR count). The van der Waals surface area contributed by atoms with E-state index in [4.69, 9.17) is 9.73 Å². The summed E-state index contributed by atoms with van der Waals surface area (Å²) in [5.41, 5.74) is 4.07. The molecule has 0 unspecified atom stereocenters. The van der Waals surface area contributed by atoms with Crippen LogP contribution in [0.1, 0.15) is 18.4 Å². The zero-order valence-electron chi connectivity index (χ0n) is 13.5. The van der Waals surface area contributed by atoms with Crippen molar-refractivity contribution in [2.45, 2.75) is 30.4 Å². The Morgan fingerprint density at radius 3 is 3.13 bits per heavy atom. The molecule has 118 valence electrons. The second kappa shape index (κ2) is 3.79. The summed E-state index contributed by atoms with van der Waals surface area (Å²) in [6, 6.07) is 9.39. The van der Waals surface area contributed by atoms with Crippen molar-refractivity contribution >= 4 is 11.4 Å². The highest BCUT2D eigenvalue weighted by Crippen LogP contribution is 2.70. The lowest BCUT2D eigenvalue weighted by atomic mass is 9.38. The Hall–Kier alpha value is -1.45. The summed E-state index contributed by atoms with van der Waals surface area (Å²) in [7, 11) is 2.29. The maximum atomic E-state index is 6.32. The highest BCUT2D eigenvalue weighted by Gasteiger charge is 2.74. The van der Waals surface area contributed by atoms with Gasteiger partial charge < -0.3 is 9.64 Å². The number of ether oxygens (including phenoxy) is 1. The van der Waals surface area contributed by atoms with Gasteiger partial charge in [0.2, 0.25) is 0 Å². The zero-order valence-corrected chi connectivity index (χ0v) is 13.5. The van der Waals surface area contributed by atoms with Crippen molar-refractivity contribution in [1.82, 2.24) is 4.90 Å². The molecule has 23 heavy (non-hydrogen) atoms. The van der Waals surface area contributed by atoms with Gasteiger partial charge in [-0.2, -0.15) is 0 Å². The van der Waals surface area contributed by atoms with Crippen molar-refractivity contribution in [2.75, 3.05) is 20.2 Å². The SMILES string of the molecule is C=C[C@@]12CN(C)[C@H]3C[C@]14C(=Nc1ccccc14)[C@@H]1C[C@@H]2[C@H]3CO1. The number of para-hydroxylation sites is 1. The maximum Gasteiger partial charge on any atom is 0.0968 e. The first kappa shape index (κ1) is 12.9. The van der Waals surface area contributed by atoms with Gasteiger partial charge in [0.05, 0.1) is 29.5 Å². The van der Waals surface area contributed by atoms with Crippen LogP contribution in [0.5, 0.6) is 0 Å². The van der Waals surface area contributed by atoms with Crippen LogP contribution in [0.2, 0.25) is 0 Å². The number of nitrogens with zero attached hydrogens (tertiary/aromatic N) is 2. The van der Waals surface area contributed by atoms with Crippen LogP contribution in [0.3, 0.4) is 0 Å². The van der Waals surface area contributed by atoms with E-state index in [9.17, 15) is 0 Å². The van der Waals surface area contributed by atoms with E-state index < -0.39 is 0 Å². The van der Waals surface area contributed by atoms with Crippen LogP contribution in [-0.2, 0) is 10.2 Å². The molecule has 3 saturated heterocycles. The Morgan fingerprint density at radius 1 is 1.39 bits per heavy atom. The fourth-order valence-corrected chi connectivity index (χ4v) is 6.95. The molecule has 1 aromatic rings. The second-order valence-electron chi connectivity index (χ2n) is 8.18. The minimum absolute atomic E-state index is 0.0347. The smallest absolute Gasteiger partial charge is 0.0968 e. The van der Waals surface area contributed by atoms with Crippen molar-refractivity contribution in [3.63, 3.8) is 0 Å². The van der Waals surface area contributed by atoms with Gasteiger partial charge in [-0.3, -0.25) is 4.99 Å². The third-order valence-corrected chi connectivity index (χ3v) is 7.73. The molecule has 4 aliphatic heterocycles. The quantitative estimate of drug-likeness (QED) is 0.745. The van der Waals surface area contributed by atoms with Gasteiger partial charge in [-0.15, -0.1) is 6.58 Å². The standard InChI is InChI=1S/C20H22N2O/c1-3-19-11-22(2)16-9-20(19)13-6-4-5-7-15(13)21-18(20)17-8-14(19)12(16)10-23-17/h3-7,12,14,16-17H,1,8-11H2,2H3/t12-,14-,16+,17+,19+,20+/m1/s1. The van der Waals surface area contributed by atoms with Crippen LogP contribution in [0.4, 0.5) is 5.69 Å². The number of hydrogen-bond donors (Lipinski definition) is 0. The molecule has 3 heteroatoms. The van der Waals surface area contributed by atoms with E-state index in [0.717, 1.165) is 19.6 Å². The summed E-state index contributed by atoms with van der Waals surface area (Å²) in [5.74, 6) is 1.35. The van der Waals surface area contributed by atoms with E-state index in [1.165, 1.54) is 23.4 Å². The van der Waals surface area contributed by atoms with E-state index in [-0.39, 0.29) is 16.9 Å². The summed E-state index contributed by atoms with van der Waals surface area (Å²) in [4.78, 5) is 7.70. The predicted octanol–water partition coefficient (Wildman–Crippen LogP) is 2.94. The molecule has 6 aliphatic rings. The molecular formula is C20H22N2O. The number of rotatable bonds is 1. The van der Waals surface area contributed by atoms with Gasteiger partial charge in [-0.25, -0.2) is 0 Å². The van der Waals surface area contributed by atoms with E-state index in [0.29, 0.717) is 17.9 Å². The number of fused-ring (bicyclic) bond motifs is 4. The van der Waals surface area contributed by atoms with Crippen LogP contribution in [0, 0.1) is 17.3 Å².